The molecule has 152 valence electrons. The Hall–Kier alpha value is -3.42. The second kappa shape index (κ2) is 9.87. The summed E-state index contributed by atoms with van der Waals surface area (Å²) in [6.45, 7) is 0.372. The maximum Gasteiger partial charge on any atom is 0.271 e. The van der Waals surface area contributed by atoms with Gasteiger partial charge in [-0.2, -0.15) is 5.10 Å². The minimum absolute atomic E-state index is 0.124. The Bertz CT molecular complexity index is 1080. The number of carbonyl (C=O) groups is 1. The number of non-ortho nitro benzene ring substituents is 1. The topological polar surface area (TPSA) is 93.8 Å². The highest BCUT2D eigenvalue weighted by Crippen LogP contribution is 2.20. The smallest absolute Gasteiger partial charge is 0.271 e. The summed E-state index contributed by atoms with van der Waals surface area (Å²) in [6.07, 6.45) is 1.25. The molecule has 1 amide bonds. The number of nitrogens with zero attached hydrogens (tertiary/aromatic N) is 2. The molecule has 0 aromatic heterocycles. The summed E-state index contributed by atoms with van der Waals surface area (Å²) in [5, 5.41) is 15.6. The quantitative estimate of drug-likeness (QED) is 0.306. The third-order valence-electron chi connectivity index (χ3n) is 4.00. The first kappa shape index (κ1) is 21.3. The number of carbonyl (C=O) groups excluding carboxylic acids is 1. The fraction of sp³-hybridized carbons (Fsp3) is 0.0476. The van der Waals surface area contributed by atoms with E-state index in [0.717, 1.165) is 5.56 Å². The number of amides is 1. The van der Waals surface area contributed by atoms with Crippen molar-refractivity contribution in [1.29, 1.82) is 0 Å². The number of hydrazone groups is 1. The zero-order valence-electron chi connectivity index (χ0n) is 15.4. The van der Waals surface area contributed by atoms with E-state index in [9.17, 15) is 14.9 Å². The SMILES string of the molecule is O=C(N/N=C\c1cc([N+](=O)[O-])ccc1Cl)c1ccc(OCc2ccc(Cl)cc2)cc1. The molecule has 0 aliphatic heterocycles. The lowest BCUT2D eigenvalue weighted by Crippen LogP contribution is -2.17. The average molecular weight is 444 g/mol. The Balaban J connectivity index is 1.57. The lowest BCUT2D eigenvalue weighted by atomic mass is 10.2. The monoisotopic (exact) mass is 443 g/mol. The second-order valence-corrected chi connectivity index (χ2v) is 6.95. The Morgan fingerprint density at radius 1 is 1.07 bits per heavy atom. The molecule has 0 atom stereocenters. The number of nitro benzene ring substituents is 1. The molecule has 0 radical (unpaired) electrons. The second-order valence-electron chi connectivity index (χ2n) is 6.10. The van der Waals surface area contributed by atoms with Crippen molar-refractivity contribution < 1.29 is 14.5 Å². The third-order valence-corrected chi connectivity index (χ3v) is 4.59. The Morgan fingerprint density at radius 3 is 2.43 bits per heavy atom. The number of benzene rings is 3. The number of rotatable bonds is 7. The van der Waals surface area contributed by atoms with Crippen LogP contribution in [0.15, 0.2) is 71.8 Å². The molecule has 3 aromatic rings. The van der Waals surface area contributed by atoms with Gasteiger partial charge >= 0.3 is 0 Å². The normalized spacial score (nSPS) is 10.7. The molecule has 30 heavy (non-hydrogen) atoms. The largest absolute Gasteiger partial charge is 0.489 e. The summed E-state index contributed by atoms with van der Waals surface area (Å²) in [6, 6.07) is 17.8. The van der Waals surface area contributed by atoms with Crippen LogP contribution in [0.4, 0.5) is 5.69 Å². The van der Waals surface area contributed by atoms with Crippen molar-refractivity contribution in [2.75, 3.05) is 0 Å². The fourth-order valence-electron chi connectivity index (χ4n) is 2.42. The van der Waals surface area contributed by atoms with Crippen LogP contribution in [0.5, 0.6) is 5.75 Å². The van der Waals surface area contributed by atoms with Crippen LogP contribution in [0.25, 0.3) is 0 Å². The zero-order chi connectivity index (χ0) is 21.5. The van der Waals surface area contributed by atoms with E-state index in [1.54, 1.807) is 36.4 Å². The van der Waals surface area contributed by atoms with Gasteiger partial charge in [-0.15, -0.1) is 0 Å². The van der Waals surface area contributed by atoms with Crippen LogP contribution >= 0.6 is 23.2 Å². The van der Waals surface area contributed by atoms with Crippen molar-refractivity contribution >= 4 is 41.0 Å². The number of hydrogen-bond donors (Lipinski definition) is 1. The van der Waals surface area contributed by atoms with Crippen LogP contribution in [0.1, 0.15) is 21.5 Å². The van der Waals surface area contributed by atoms with Crippen molar-refractivity contribution in [2.24, 2.45) is 5.10 Å². The third kappa shape index (κ3) is 5.79. The van der Waals surface area contributed by atoms with E-state index in [1.165, 1.54) is 24.4 Å². The summed E-state index contributed by atoms with van der Waals surface area (Å²) in [5.74, 6) is 0.158. The minimum Gasteiger partial charge on any atom is -0.489 e. The Morgan fingerprint density at radius 2 is 1.77 bits per heavy atom. The molecular weight excluding hydrogens is 429 g/mol. The molecule has 9 heteroatoms. The number of hydrogen-bond acceptors (Lipinski definition) is 5. The number of halogens is 2. The van der Waals surface area contributed by atoms with Crippen molar-refractivity contribution in [2.45, 2.75) is 6.61 Å². The van der Waals surface area contributed by atoms with E-state index in [4.69, 9.17) is 27.9 Å². The van der Waals surface area contributed by atoms with E-state index in [0.29, 0.717) is 28.5 Å². The van der Waals surface area contributed by atoms with Crippen LogP contribution in [0.2, 0.25) is 10.0 Å². The van der Waals surface area contributed by atoms with Crippen molar-refractivity contribution in [1.82, 2.24) is 5.43 Å². The van der Waals surface area contributed by atoms with E-state index in [2.05, 4.69) is 10.5 Å². The van der Waals surface area contributed by atoms with Gasteiger partial charge in [0.15, 0.2) is 0 Å². The molecule has 0 unspecified atom stereocenters. The average Bonchev–Trinajstić information content (AvgIpc) is 2.74. The van der Waals surface area contributed by atoms with Gasteiger partial charge in [0.25, 0.3) is 11.6 Å². The first-order valence-electron chi connectivity index (χ1n) is 8.67. The van der Waals surface area contributed by atoms with Crippen LogP contribution in [0, 0.1) is 10.1 Å². The van der Waals surface area contributed by atoms with E-state index in [1.807, 2.05) is 12.1 Å². The van der Waals surface area contributed by atoms with Gasteiger partial charge in [-0.1, -0.05) is 35.3 Å². The molecule has 7 nitrogen and oxygen atoms in total. The fourth-order valence-corrected chi connectivity index (χ4v) is 2.71. The van der Waals surface area contributed by atoms with Gasteiger partial charge in [0.2, 0.25) is 0 Å². The standard InChI is InChI=1S/C21H15Cl2N3O4/c22-17-5-1-14(2-6-17)13-30-19-8-3-15(4-9-19)21(27)25-24-12-16-11-18(26(28)29)7-10-20(16)23/h1-12H,13H2,(H,25,27)/b24-12-. The predicted molar refractivity (Wildman–Crippen MR) is 115 cm³/mol. The minimum atomic E-state index is -0.539. The first-order valence-corrected chi connectivity index (χ1v) is 9.42. The highest BCUT2D eigenvalue weighted by molar-refractivity contribution is 6.33. The number of ether oxygens (including phenoxy) is 1. The highest BCUT2D eigenvalue weighted by Gasteiger charge is 2.09. The molecule has 3 aromatic carbocycles. The van der Waals surface area contributed by atoms with Crippen molar-refractivity contribution in [3.8, 4) is 5.75 Å². The molecular formula is C21H15Cl2N3O4. The lowest BCUT2D eigenvalue weighted by molar-refractivity contribution is -0.384. The van der Waals surface area contributed by atoms with E-state index in [-0.39, 0.29) is 10.7 Å². The Kier molecular flexibility index (Phi) is 7.00. The van der Waals surface area contributed by atoms with Gasteiger partial charge in [0.1, 0.15) is 12.4 Å². The van der Waals surface area contributed by atoms with Crippen LogP contribution < -0.4 is 10.2 Å². The van der Waals surface area contributed by atoms with Crippen molar-refractivity contribution in [3.63, 3.8) is 0 Å². The molecule has 1 N–H and O–H groups in total. The molecule has 0 bridgehead atoms. The lowest BCUT2D eigenvalue weighted by Gasteiger charge is -2.07. The van der Waals surface area contributed by atoms with Crippen molar-refractivity contribution in [3.05, 3.63) is 104 Å². The number of nitrogens with one attached hydrogen (secondary N) is 1. The van der Waals surface area contributed by atoms with Gasteiger partial charge in [-0.25, -0.2) is 5.43 Å². The zero-order valence-corrected chi connectivity index (χ0v) is 16.9. The van der Waals surface area contributed by atoms with E-state index >= 15 is 0 Å². The summed E-state index contributed by atoms with van der Waals surface area (Å²) in [5.41, 5.74) is 3.89. The van der Waals surface area contributed by atoms with Crippen LogP contribution in [-0.2, 0) is 6.61 Å². The van der Waals surface area contributed by atoms with Crippen LogP contribution in [-0.4, -0.2) is 17.0 Å². The number of nitro groups is 1. The summed E-state index contributed by atoms with van der Waals surface area (Å²) in [4.78, 5) is 22.5. The van der Waals surface area contributed by atoms with Gasteiger partial charge < -0.3 is 4.74 Å². The van der Waals surface area contributed by atoms with Gasteiger partial charge in [-0.3, -0.25) is 14.9 Å². The van der Waals surface area contributed by atoms with E-state index < -0.39 is 10.8 Å². The maximum absolute atomic E-state index is 12.2. The predicted octanol–water partition coefficient (Wildman–Crippen LogP) is 5.24. The molecule has 0 spiro atoms. The maximum atomic E-state index is 12.2. The highest BCUT2D eigenvalue weighted by atomic mass is 35.5. The van der Waals surface area contributed by atoms with Crippen LogP contribution in [0.3, 0.4) is 0 Å². The molecule has 0 fully saturated rings. The summed E-state index contributed by atoms with van der Waals surface area (Å²) >= 11 is 11.8. The van der Waals surface area contributed by atoms with Gasteiger partial charge in [-0.05, 0) is 48.0 Å². The molecule has 0 heterocycles. The van der Waals surface area contributed by atoms with Gasteiger partial charge in [0, 0.05) is 33.3 Å². The molecule has 0 saturated heterocycles. The summed E-state index contributed by atoms with van der Waals surface area (Å²) < 4.78 is 5.68. The molecule has 0 saturated carbocycles. The summed E-state index contributed by atoms with van der Waals surface area (Å²) in [7, 11) is 0. The molecule has 0 aliphatic rings. The first-order chi connectivity index (χ1) is 14.4. The Labute approximate surface area is 182 Å². The molecule has 3 rings (SSSR count). The van der Waals surface area contributed by atoms with Gasteiger partial charge in [0.05, 0.1) is 11.1 Å². The molecule has 0 aliphatic carbocycles.